The fourth-order valence-electron chi connectivity index (χ4n) is 3.79. The van der Waals surface area contributed by atoms with Crippen LogP contribution in [0.3, 0.4) is 0 Å². The van der Waals surface area contributed by atoms with Crippen LogP contribution in [0.4, 0.5) is 5.69 Å². The molecule has 164 valence electrons. The lowest BCUT2D eigenvalue weighted by Crippen LogP contribution is -2.32. The lowest BCUT2D eigenvalue weighted by molar-refractivity contribution is 0.0951. The first-order valence-corrected chi connectivity index (χ1v) is 11.1. The predicted octanol–water partition coefficient (Wildman–Crippen LogP) is 5.03. The van der Waals surface area contributed by atoms with Crippen LogP contribution in [0.1, 0.15) is 49.2 Å². The van der Waals surface area contributed by atoms with Gasteiger partial charge in [-0.3, -0.25) is 9.89 Å². The standard InChI is InChI=1S/C23H26N4O2.C2H6/c1-29-22-12-6-4-9-18(22)20-15-17(25-26-20)16-24-23(28)19-10-3-5-11-21(19)27-13-7-2-8-14-27;1-2/h3-6,9-12,15H,2,7-8,13-14,16H2,1H3,(H,24,28)(H,25,26);1-2H3. The summed E-state index contributed by atoms with van der Waals surface area (Å²) in [7, 11) is 1.65. The summed E-state index contributed by atoms with van der Waals surface area (Å²) in [6.45, 7) is 6.40. The van der Waals surface area contributed by atoms with Crippen LogP contribution in [0.5, 0.6) is 5.75 Å². The number of nitrogens with one attached hydrogen (secondary N) is 2. The average molecular weight is 421 g/mol. The smallest absolute Gasteiger partial charge is 0.253 e. The second-order valence-electron chi connectivity index (χ2n) is 7.23. The van der Waals surface area contributed by atoms with Crippen molar-refractivity contribution in [3.8, 4) is 17.0 Å². The number of hydrogen-bond acceptors (Lipinski definition) is 4. The van der Waals surface area contributed by atoms with E-state index in [1.54, 1.807) is 7.11 Å². The van der Waals surface area contributed by atoms with Gasteiger partial charge in [-0.15, -0.1) is 0 Å². The molecule has 1 aromatic heterocycles. The van der Waals surface area contributed by atoms with E-state index in [9.17, 15) is 4.79 Å². The number of piperidine rings is 1. The van der Waals surface area contributed by atoms with Gasteiger partial charge in [-0.1, -0.05) is 38.1 Å². The summed E-state index contributed by atoms with van der Waals surface area (Å²) in [4.78, 5) is 15.2. The van der Waals surface area contributed by atoms with Crippen LogP contribution in [0.15, 0.2) is 54.6 Å². The van der Waals surface area contributed by atoms with Gasteiger partial charge >= 0.3 is 0 Å². The molecule has 1 aliphatic rings. The largest absolute Gasteiger partial charge is 0.496 e. The number of benzene rings is 2. The highest BCUT2D eigenvalue weighted by Crippen LogP contribution is 2.28. The monoisotopic (exact) mass is 420 g/mol. The molecule has 3 aromatic rings. The van der Waals surface area contributed by atoms with Gasteiger partial charge in [-0.25, -0.2) is 0 Å². The van der Waals surface area contributed by atoms with Crippen molar-refractivity contribution >= 4 is 11.6 Å². The fraction of sp³-hybridized carbons (Fsp3) is 0.360. The van der Waals surface area contributed by atoms with Crippen molar-refractivity contribution in [2.75, 3.05) is 25.1 Å². The molecule has 6 heteroatoms. The van der Waals surface area contributed by atoms with Gasteiger partial charge < -0.3 is 15.0 Å². The molecule has 0 spiro atoms. The lowest BCUT2D eigenvalue weighted by atomic mass is 10.1. The van der Waals surface area contributed by atoms with Crippen LogP contribution < -0.4 is 15.0 Å². The van der Waals surface area contributed by atoms with E-state index in [4.69, 9.17) is 4.74 Å². The molecule has 0 aliphatic carbocycles. The number of rotatable bonds is 6. The molecule has 1 saturated heterocycles. The summed E-state index contributed by atoms with van der Waals surface area (Å²) in [6, 6.07) is 17.5. The molecule has 6 nitrogen and oxygen atoms in total. The van der Waals surface area contributed by atoms with Crippen molar-refractivity contribution in [2.24, 2.45) is 0 Å². The van der Waals surface area contributed by atoms with E-state index in [-0.39, 0.29) is 5.91 Å². The Bertz CT molecular complexity index is 977. The highest BCUT2D eigenvalue weighted by Gasteiger charge is 2.18. The van der Waals surface area contributed by atoms with Gasteiger partial charge in [0.25, 0.3) is 5.91 Å². The topological polar surface area (TPSA) is 70.2 Å². The van der Waals surface area contributed by atoms with Gasteiger partial charge in [-0.05, 0) is 49.6 Å². The summed E-state index contributed by atoms with van der Waals surface area (Å²) >= 11 is 0. The van der Waals surface area contributed by atoms with Crippen LogP contribution in [0.2, 0.25) is 0 Å². The van der Waals surface area contributed by atoms with E-state index in [1.807, 2.05) is 68.4 Å². The predicted molar refractivity (Wildman–Crippen MR) is 126 cm³/mol. The maximum atomic E-state index is 12.9. The minimum atomic E-state index is -0.0698. The number of anilines is 1. The third kappa shape index (κ3) is 5.45. The van der Waals surface area contributed by atoms with Crippen LogP contribution in [-0.4, -0.2) is 36.3 Å². The summed E-state index contributed by atoms with van der Waals surface area (Å²) in [6.07, 6.45) is 3.62. The van der Waals surface area contributed by atoms with E-state index < -0.39 is 0 Å². The average Bonchev–Trinajstić information content (AvgIpc) is 3.33. The van der Waals surface area contributed by atoms with Crippen molar-refractivity contribution in [2.45, 2.75) is 39.7 Å². The molecule has 0 bridgehead atoms. The number of amides is 1. The number of methoxy groups -OCH3 is 1. The fourth-order valence-corrected chi connectivity index (χ4v) is 3.79. The van der Waals surface area contributed by atoms with E-state index in [1.165, 1.54) is 19.3 Å². The number of nitrogens with zero attached hydrogens (tertiary/aromatic N) is 2. The number of aromatic nitrogens is 2. The number of H-pyrrole nitrogens is 1. The Morgan fingerprint density at radius 3 is 2.55 bits per heavy atom. The molecule has 0 radical (unpaired) electrons. The number of hydrogen-bond donors (Lipinski definition) is 2. The van der Waals surface area contributed by atoms with E-state index in [0.29, 0.717) is 6.54 Å². The number of para-hydroxylation sites is 2. The summed E-state index contributed by atoms with van der Waals surface area (Å²) in [5, 5.41) is 10.4. The number of carbonyl (C=O) groups is 1. The summed E-state index contributed by atoms with van der Waals surface area (Å²) < 4.78 is 5.41. The summed E-state index contributed by atoms with van der Waals surface area (Å²) in [5.41, 5.74) is 4.29. The Kier molecular flexibility index (Phi) is 8.10. The highest BCUT2D eigenvalue weighted by molar-refractivity contribution is 5.99. The molecular formula is C25H32N4O2. The molecule has 1 aliphatic heterocycles. The molecule has 0 saturated carbocycles. The molecule has 1 amide bonds. The maximum Gasteiger partial charge on any atom is 0.253 e. The molecule has 1 fully saturated rings. The van der Waals surface area contributed by atoms with Gasteiger partial charge in [0.1, 0.15) is 5.75 Å². The van der Waals surface area contributed by atoms with Crippen LogP contribution in [-0.2, 0) is 6.54 Å². The maximum absolute atomic E-state index is 12.9. The third-order valence-corrected chi connectivity index (χ3v) is 5.30. The number of carbonyl (C=O) groups excluding carboxylic acids is 1. The Balaban J connectivity index is 0.00000132. The quantitative estimate of drug-likeness (QED) is 0.587. The SMILES string of the molecule is CC.COc1ccccc1-c1cc(CNC(=O)c2ccccc2N2CCCCC2)[nH]n1. The first-order chi connectivity index (χ1) is 15.3. The molecule has 4 rings (SSSR count). The Morgan fingerprint density at radius 2 is 1.77 bits per heavy atom. The number of aromatic amines is 1. The van der Waals surface area contributed by atoms with Crippen LogP contribution >= 0.6 is 0 Å². The normalized spacial score (nSPS) is 13.2. The number of ether oxygens (including phenoxy) is 1. The molecule has 2 heterocycles. The molecule has 0 unspecified atom stereocenters. The van der Waals surface area contributed by atoms with Gasteiger partial charge in [0.05, 0.1) is 30.6 Å². The van der Waals surface area contributed by atoms with Crippen molar-refractivity contribution in [3.63, 3.8) is 0 Å². The van der Waals surface area contributed by atoms with Crippen molar-refractivity contribution < 1.29 is 9.53 Å². The summed E-state index contributed by atoms with van der Waals surface area (Å²) in [5.74, 6) is 0.699. The zero-order chi connectivity index (χ0) is 22.1. The van der Waals surface area contributed by atoms with E-state index >= 15 is 0 Å². The minimum absolute atomic E-state index is 0.0698. The van der Waals surface area contributed by atoms with Crippen molar-refractivity contribution in [3.05, 3.63) is 65.9 Å². The Labute approximate surface area is 184 Å². The molecule has 0 atom stereocenters. The Morgan fingerprint density at radius 1 is 1.06 bits per heavy atom. The third-order valence-electron chi connectivity index (χ3n) is 5.30. The van der Waals surface area contributed by atoms with Gasteiger partial charge in [0.2, 0.25) is 0 Å². The van der Waals surface area contributed by atoms with E-state index in [0.717, 1.165) is 47.0 Å². The van der Waals surface area contributed by atoms with Crippen LogP contribution in [0.25, 0.3) is 11.3 Å². The van der Waals surface area contributed by atoms with Crippen LogP contribution in [0, 0.1) is 0 Å². The first kappa shape index (κ1) is 22.4. The zero-order valence-electron chi connectivity index (χ0n) is 18.6. The zero-order valence-corrected chi connectivity index (χ0v) is 18.6. The van der Waals surface area contributed by atoms with Crippen molar-refractivity contribution in [1.82, 2.24) is 15.5 Å². The first-order valence-electron chi connectivity index (χ1n) is 11.1. The lowest BCUT2D eigenvalue weighted by Gasteiger charge is -2.30. The van der Waals surface area contributed by atoms with Gasteiger partial charge in [0, 0.05) is 24.3 Å². The second-order valence-corrected chi connectivity index (χ2v) is 7.23. The van der Waals surface area contributed by atoms with E-state index in [2.05, 4.69) is 20.4 Å². The second kappa shape index (κ2) is 11.2. The highest BCUT2D eigenvalue weighted by atomic mass is 16.5. The van der Waals surface area contributed by atoms with Gasteiger partial charge in [-0.2, -0.15) is 5.10 Å². The molecule has 2 aromatic carbocycles. The van der Waals surface area contributed by atoms with Crippen molar-refractivity contribution in [1.29, 1.82) is 0 Å². The molecule has 31 heavy (non-hydrogen) atoms. The van der Waals surface area contributed by atoms with Gasteiger partial charge in [0.15, 0.2) is 0 Å². The molecule has 2 N–H and O–H groups in total. The molecular weight excluding hydrogens is 388 g/mol. The Hall–Kier alpha value is -3.28. The minimum Gasteiger partial charge on any atom is -0.496 e.